The number of ether oxygens (including phenoxy) is 6. The summed E-state index contributed by atoms with van der Waals surface area (Å²) >= 11 is 0. The number of rotatable bonds is 16. The Morgan fingerprint density at radius 2 is 1.17 bits per heavy atom. The van der Waals surface area contributed by atoms with Crippen LogP contribution in [-0.2, 0) is 57.8 Å². The SMILES string of the molecule is CC(=O)N[C@@H]1[C@@H](OCc2ccccc2)[C@H](OCc2ccccc2)[C@@H](COCc2ccccc2)O[C@H]1CCN(CC(=O)OC(C)(C)C)C(=O)OC(C)(C)C. The minimum Gasteiger partial charge on any atom is -0.459 e. The summed E-state index contributed by atoms with van der Waals surface area (Å²) in [6, 6.07) is 28.7. The highest BCUT2D eigenvalue weighted by Crippen LogP contribution is 2.30. The van der Waals surface area contributed by atoms with E-state index in [-0.39, 0.29) is 45.2 Å². The van der Waals surface area contributed by atoms with Gasteiger partial charge in [-0.1, -0.05) is 91.0 Å². The summed E-state index contributed by atoms with van der Waals surface area (Å²) in [5.74, 6) is -0.854. The molecule has 1 aliphatic heterocycles. The first-order valence-electron chi connectivity index (χ1n) is 18.2. The van der Waals surface area contributed by atoms with Crippen LogP contribution < -0.4 is 5.32 Å². The van der Waals surface area contributed by atoms with Crippen LogP contribution in [0.4, 0.5) is 4.79 Å². The summed E-state index contributed by atoms with van der Waals surface area (Å²) in [5.41, 5.74) is 1.37. The molecule has 1 fully saturated rings. The van der Waals surface area contributed by atoms with Crippen LogP contribution in [0.25, 0.3) is 0 Å². The van der Waals surface area contributed by atoms with Crippen LogP contribution in [0.5, 0.6) is 0 Å². The lowest BCUT2D eigenvalue weighted by Gasteiger charge is -2.47. The average molecular weight is 733 g/mol. The summed E-state index contributed by atoms with van der Waals surface area (Å²) in [5, 5.41) is 3.08. The van der Waals surface area contributed by atoms with Crippen molar-refractivity contribution < 1.29 is 42.8 Å². The number of amides is 2. The van der Waals surface area contributed by atoms with E-state index in [2.05, 4.69) is 5.32 Å². The van der Waals surface area contributed by atoms with E-state index in [1.54, 1.807) is 41.5 Å². The van der Waals surface area contributed by atoms with Crippen LogP contribution in [0.2, 0.25) is 0 Å². The predicted octanol–water partition coefficient (Wildman–Crippen LogP) is 6.62. The van der Waals surface area contributed by atoms with E-state index in [0.29, 0.717) is 6.61 Å². The van der Waals surface area contributed by atoms with Crippen LogP contribution in [0.1, 0.15) is 71.6 Å². The quantitative estimate of drug-likeness (QED) is 0.162. The monoisotopic (exact) mass is 732 g/mol. The minimum atomic E-state index is -0.801. The van der Waals surface area contributed by atoms with Gasteiger partial charge in [0.25, 0.3) is 0 Å². The van der Waals surface area contributed by atoms with Crippen molar-refractivity contribution in [2.45, 2.75) is 116 Å². The van der Waals surface area contributed by atoms with Crippen molar-refractivity contribution in [1.29, 1.82) is 0 Å². The van der Waals surface area contributed by atoms with Gasteiger partial charge in [-0.2, -0.15) is 0 Å². The van der Waals surface area contributed by atoms with E-state index in [9.17, 15) is 14.4 Å². The molecule has 1 saturated heterocycles. The molecule has 0 aromatic heterocycles. The molecule has 288 valence electrons. The molecule has 1 heterocycles. The first-order chi connectivity index (χ1) is 25.2. The standard InChI is InChI=1S/C42H56N2O9/c1-30(45)43-37-34(23-24-44(40(47)53-42(5,6)7)25-36(46)52-41(2,3)4)51-35(29-48-26-31-17-11-8-12-18-31)38(49-27-32-19-13-9-14-20-32)39(37)50-28-33-21-15-10-16-22-33/h8-22,34-35,37-39H,23-29H2,1-7H3,(H,43,45)/t34-,35+,37-,38+,39+/m0/s1. The molecular weight excluding hydrogens is 676 g/mol. The van der Waals surface area contributed by atoms with Crippen molar-refractivity contribution in [2.24, 2.45) is 0 Å². The van der Waals surface area contributed by atoms with Crippen LogP contribution in [0.3, 0.4) is 0 Å². The predicted molar refractivity (Wildman–Crippen MR) is 201 cm³/mol. The van der Waals surface area contributed by atoms with Crippen molar-refractivity contribution in [2.75, 3.05) is 19.7 Å². The number of nitrogens with zero attached hydrogens (tertiary/aromatic N) is 1. The number of carbonyl (C=O) groups is 3. The average Bonchev–Trinajstić information content (AvgIpc) is 3.09. The maximum absolute atomic E-state index is 13.4. The van der Waals surface area contributed by atoms with E-state index < -0.39 is 53.7 Å². The van der Waals surface area contributed by atoms with Gasteiger partial charge in [0, 0.05) is 13.5 Å². The zero-order chi connectivity index (χ0) is 38.4. The van der Waals surface area contributed by atoms with Gasteiger partial charge in [0.15, 0.2) is 0 Å². The Bertz CT molecular complexity index is 1560. The molecule has 4 rings (SSSR count). The van der Waals surface area contributed by atoms with Gasteiger partial charge in [0.05, 0.1) is 38.6 Å². The Morgan fingerprint density at radius 1 is 0.679 bits per heavy atom. The van der Waals surface area contributed by atoms with Crippen LogP contribution in [0, 0.1) is 0 Å². The molecule has 0 bridgehead atoms. The fourth-order valence-electron chi connectivity index (χ4n) is 5.98. The van der Waals surface area contributed by atoms with Gasteiger partial charge in [-0.25, -0.2) is 4.79 Å². The molecule has 0 unspecified atom stereocenters. The van der Waals surface area contributed by atoms with E-state index in [0.717, 1.165) is 16.7 Å². The number of carbonyl (C=O) groups excluding carboxylic acids is 3. The zero-order valence-corrected chi connectivity index (χ0v) is 32.1. The molecule has 3 aromatic rings. The number of esters is 1. The zero-order valence-electron chi connectivity index (χ0n) is 32.1. The Balaban J connectivity index is 1.66. The summed E-state index contributed by atoms with van der Waals surface area (Å²) in [4.78, 5) is 40.6. The van der Waals surface area contributed by atoms with Gasteiger partial charge >= 0.3 is 12.1 Å². The van der Waals surface area contributed by atoms with Crippen molar-refractivity contribution >= 4 is 18.0 Å². The first-order valence-corrected chi connectivity index (χ1v) is 18.2. The molecule has 11 heteroatoms. The van der Waals surface area contributed by atoms with Gasteiger partial charge in [0.2, 0.25) is 5.91 Å². The van der Waals surface area contributed by atoms with E-state index in [1.165, 1.54) is 11.8 Å². The smallest absolute Gasteiger partial charge is 0.410 e. The van der Waals surface area contributed by atoms with Crippen molar-refractivity contribution in [1.82, 2.24) is 10.2 Å². The number of hydrogen-bond acceptors (Lipinski definition) is 9. The van der Waals surface area contributed by atoms with Crippen LogP contribution in [0.15, 0.2) is 91.0 Å². The highest BCUT2D eigenvalue weighted by Gasteiger charge is 2.48. The lowest BCUT2D eigenvalue weighted by Crippen LogP contribution is -2.65. The van der Waals surface area contributed by atoms with Crippen molar-refractivity contribution in [3.63, 3.8) is 0 Å². The van der Waals surface area contributed by atoms with Gasteiger partial charge in [0.1, 0.15) is 36.1 Å². The molecule has 5 atom stereocenters. The number of benzene rings is 3. The van der Waals surface area contributed by atoms with Gasteiger partial charge < -0.3 is 33.7 Å². The van der Waals surface area contributed by atoms with Crippen molar-refractivity contribution in [3.05, 3.63) is 108 Å². The molecule has 0 saturated carbocycles. The Morgan fingerprint density at radius 3 is 1.66 bits per heavy atom. The fourth-order valence-corrected chi connectivity index (χ4v) is 5.98. The lowest BCUT2D eigenvalue weighted by atomic mass is 9.90. The molecular formula is C42H56N2O9. The lowest BCUT2D eigenvalue weighted by molar-refractivity contribution is -0.233. The highest BCUT2D eigenvalue weighted by atomic mass is 16.6. The van der Waals surface area contributed by atoms with Crippen molar-refractivity contribution in [3.8, 4) is 0 Å². The third-order valence-electron chi connectivity index (χ3n) is 8.20. The van der Waals surface area contributed by atoms with Gasteiger partial charge in [-0.3, -0.25) is 14.5 Å². The normalized spacial score (nSPS) is 20.3. The molecule has 11 nitrogen and oxygen atoms in total. The largest absolute Gasteiger partial charge is 0.459 e. The Labute approximate surface area is 314 Å². The van der Waals surface area contributed by atoms with E-state index >= 15 is 0 Å². The third kappa shape index (κ3) is 14.6. The number of hydrogen-bond donors (Lipinski definition) is 1. The molecule has 3 aromatic carbocycles. The number of nitrogens with one attached hydrogen (secondary N) is 1. The topological polar surface area (TPSA) is 122 Å². The van der Waals surface area contributed by atoms with Crippen LogP contribution in [-0.4, -0.2) is 84.2 Å². The summed E-state index contributed by atoms with van der Waals surface area (Å²) < 4.78 is 37.6. The Kier molecular flexibility index (Phi) is 15.4. The molecule has 1 aliphatic rings. The maximum Gasteiger partial charge on any atom is 0.410 e. The first kappa shape index (κ1) is 41.5. The fraction of sp³-hybridized carbons (Fsp3) is 0.500. The van der Waals surface area contributed by atoms with Crippen LogP contribution >= 0.6 is 0 Å². The highest BCUT2D eigenvalue weighted by molar-refractivity contribution is 5.78. The van der Waals surface area contributed by atoms with E-state index in [1.807, 2.05) is 91.0 Å². The minimum absolute atomic E-state index is 0.0629. The molecule has 53 heavy (non-hydrogen) atoms. The third-order valence-corrected chi connectivity index (χ3v) is 8.20. The van der Waals surface area contributed by atoms with Gasteiger partial charge in [-0.15, -0.1) is 0 Å². The summed E-state index contributed by atoms with van der Waals surface area (Å²) in [7, 11) is 0. The second-order valence-corrected chi connectivity index (χ2v) is 15.2. The molecule has 0 aliphatic carbocycles. The second-order valence-electron chi connectivity index (χ2n) is 15.2. The molecule has 0 spiro atoms. The molecule has 0 radical (unpaired) electrons. The van der Waals surface area contributed by atoms with E-state index in [4.69, 9.17) is 28.4 Å². The molecule has 1 N–H and O–H groups in total. The Hall–Kier alpha value is -4.29. The maximum atomic E-state index is 13.4. The molecule has 2 amide bonds. The summed E-state index contributed by atoms with van der Waals surface area (Å²) in [6.45, 7) is 12.8. The second kappa shape index (κ2) is 19.7. The van der Waals surface area contributed by atoms with Gasteiger partial charge in [-0.05, 0) is 64.7 Å². The summed E-state index contributed by atoms with van der Waals surface area (Å²) in [6.07, 6.45) is -3.10.